The lowest BCUT2D eigenvalue weighted by atomic mass is 10.0. The average molecular weight is 367 g/mol. The van der Waals surface area contributed by atoms with Gasteiger partial charge in [0.2, 0.25) is 5.91 Å². The summed E-state index contributed by atoms with van der Waals surface area (Å²) in [5.41, 5.74) is 2.91. The zero-order chi connectivity index (χ0) is 19.2. The Hall–Kier alpha value is -3.53. The van der Waals surface area contributed by atoms with Gasteiger partial charge in [-0.1, -0.05) is 12.1 Å². The largest absolute Gasteiger partial charge is 0.416 e. The molecule has 0 saturated heterocycles. The van der Waals surface area contributed by atoms with E-state index in [2.05, 4.69) is 10.3 Å². The van der Waals surface area contributed by atoms with Crippen LogP contribution in [0.1, 0.15) is 16.7 Å². The minimum Gasteiger partial charge on any atom is -0.354 e. The van der Waals surface area contributed by atoms with E-state index in [9.17, 15) is 18.0 Å². The third kappa shape index (κ3) is 2.95. The van der Waals surface area contributed by atoms with Crippen LogP contribution in [0.5, 0.6) is 0 Å². The number of aromatic nitrogens is 1. The number of carbonyl (C=O) groups excluding carboxylic acids is 1. The van der Waals surface area contributed by atoms with Crippen molar-refractivity contribution in [1.29, 1.82) is 5.26 Å². The number of nitrogens with zero attached hydrogens (tertiary/aromatic N) is 1. The fourth-order valence-corrected chi connectivity index (χ4v) is 3.31. The first-order valence-electron chi connectivity index (χ1n) is 8.09. The van der Waals surface area contributed by atoms with Crippen LogP contribution in [0.4, 0.5) is 18.9 Å². The predicted molar refractivity (Wildman–Crippen MR) is 95.7 cm³/mol. The molecule has 1 amide bonds. The molecular formula is C20H12F3N3O. The number of hydrogen-bond donors (Lipinski definition) is 2. The molecule has 0 saturated carbocycles. The van der Waals surface area contributed by atoms with Crippen LogP contribution in [-0.2, 0) is 17.4 Å². The second-order valence-electron chi connectivity index (χ2n) is 6.23. The molecular weight excluding hydrogens is 355 g/mol. The number of aromatic amines is 1. The lowest BCUT2D eigenvalue weighted by Crippen LogP contribution is -2.12. The topological polar surface area (TPSA) is 68.7 Å². The highest BCUT2D eigenvalue weighted by atomic mass is 19.4. The highest BCUT2D eigenvalue weighted by Crippen LogP contribution is 2.40. The molecule has 1 aliphatic heterocycles. The van der Waals surface area contributed by atoms with Crippen molar-refractivity contribution < 1.29 is 18.0 Å². The number of alkyl halides is 3. The normalized spacial score (nSPS) is 13.8. The van der Waals surface area contributed by atoms with Gasteiger partial charge in [0.05, 0.1) is 29.4 Å². The molecule has 7 heteroatoms. The predicted octanol–water partition coefficient (Wildman–Crippen LogP) is 4.89. The van der Waals surface area contributed by atoms with Gasteiger partial charge in [0.15, 0.2) is 0 Å². The number of hydrogen-bond acceptors (Lipinski definition) is 2. The Bertz CT molecular complexity index is 1150. The van der Waals surface area contributed by atoms with Gasteiger partial charge in [-0.3, -0.25) is 4.79 Å². The van der Waals surface area contributed by atoms with E-state index in [4.69, 9.17) is 5.26 Å². The van der Waals surface area contributed by atoms with Crippen molar-refractivity contribution in [3.63, 3.8) is 0 Å². The fourth-order valence-electron chi connectivity index (χ4n) is 3.31. The quantitative estimate of drug-likeness (QED) is 0.602. The van der Waals surface area contributed by atoms with Gasteiger partial charge in [-0.2, -0.15) is 18.4 Å². The Morgan fingerprint density at radius 2 is 1.96 bits per heavy atom. The minimum atomic E-state index is -4.45. The van der Waals surface area contributed by atoms with Crippen LogP contribution in [0.2, 0.25) is 0 Å². The number of benzene rings is 2. The van der Waals surface area contributed by atoms with E-state index >= 15 is 0 Å². The number of carbonyl (C=O) groups is 1. The number of halogens is 3. The fraction of sp³-hybridized carbons (Fsp3) is 0.100. The maximum atomic E-state index is 13.1. The molecule has 0 aliphatic carbocycles. The monoisotopic (exact) mass is 367 g/mol. The van der Waals surface area contributed by atoms with Crippen molar-refractivity contribution >= 4 is 28.6 Å². The lowest BCUT2D eigenvalue weighted by molar-refractivity contribution is -0.137. The van der Waals surface area contributed by atoms with Crippen molar-refractivity contribution in [3.8, 4) is 17.3 Å². The molecule has 134 valence electrons. The van der Waals surface area contributed by atoms with Gasteiger partial charge >= 0.3 is 6.18 Å². The smallest absolute Gasteiger partial charge is 0.354 e. The Labute approximate surface area is 151 Å². The molecule has 27 heavy (non-hydrogen) atoms. The van der Waals surface area contributed by atoms with Crippen molar-refractivity contribution in [2.75, 3.05) is 5.32 Å². The number of amides is 1. The molecule has 4 rings (SSSR count). The van der Waals surface area contributed by atoms with E-state index in [1.807, 2.05) is 6.07 Å². The number of fused-ring (bicyclic) bond motifs is 5. The van der Waals surface area contributed by atoms with Crippen molar-refractivity contribution in [2.45, 2.75) is 12.6 Å². The van der Waals surface area contributed by atoms with Gasteiger partial charge in [0, 0.05) is 22.5 Å². The van der Waals surface area contributed by atoms with Crippen LogP contribution >= 0.6 is 0 Å². The molecule has 2 aromatic carbocycles. The summed E-state index contributed by atoms with van der Waals surface area (Å²) < 4.78 is 39.2. The van der Waals surface area contributed by atoms with Crippen molar-refractivity contribution in [1.82, 2.24) is 4.98 Å². The van der Waals surface area contributed by atoms with Crippen molar-refractivity contribution in [2.24, 2.45) is 0 Å². The molecule has 0 spiro atoms. The number of nitriles is 1. The molecule has 0 bridgehead atoms. The van der Waals surface area contributed by atoms with Crippen LogP contribution in [0.25, 0.3) is 28.2 Å². The van der Waals surface area contributed by atoms with Crippen molar-refractivity contribution in [3.05, 3.63) is 59.2 Å². The summed E-state index contributed by atoms with van der Waals surface area (Å²) >= 11 is 0. The Kier molecular flexibility index (Phi) is 3.77. The molecule has 4 nitrogen and oxygen atoms in total. The van der Waals surface area contributed by atoms with Crippen LogP contribution in [0.3, 0.4) is 0 Å². The van der Waals surface area contributed by atoms with Gasteiger partial charge in [-0.25, -0.2) is 0 Å². The van der Waals surface area contributed by atoms with E-state index in [1.54, 1.807) is 24.3 Å². The highest BCUT2D eigenvalue weighted by Gasteiger charge is 2.32. The number of H-pyrrole nitrogens is 1. The second-order valence-corrected chi connectivity index (χ2v) is 6.23. The van der Waals surface area contributed by atoms with E-state index in [-0.39, 0.29) is 12.3 Å². The van der Waals surface area contributed by atoms with Gasteiger partial charge in [0.1, 0.15) is 0 Å². The number of rotatable bonds is 1. The second kappa shape index (κ2) is 6.02. The minimum absolute atomic E-state index is 0.0330. The molecule has 0 unspecified atom stereocenters. The Morgan fingerprint density at radius 3 is 2.70 bits per heavy atom. The zero-order valence-corrected chi connectivity index (χ0v) is 13.8. The lowest BCUT2D eigenvalue weighted by Gasteiger charge is -2.08. The van der Waals surface area contributed by atoms with Crippen LogP contribution < -0.4 is 5.32 Å². The van der Waals surface area contributed by atoms with Gasteiger partial charge in [0.25, 0.3) is 0 Å². The van der Waals surface area contributed by atoms with E-state index in [1.165, 1.54) is 12.1 Å². The summed E-state index contributed by atoms with van der Waals surface area (Å²) in [7, 11) is 0. The third-order valence-electron chi connectivity index (χ3n) is 4.51. The van der Waals surface area contributed by atoms with Gasteiger partial charge in [-0.15, -0.1) is 0 Å². The molecule has 0 atom stereocenters. The first-order valence-corrected chi connectivity index (χ1v) is 8.09. The standard InChI is InChI=1S/C20H12F3N3O/c21-20(22,23)12-4-6-16-14(9-12)15-10-18(27)25-17-8-11(2-1-7-24)3-5-13(17)19(15)26-16/h1-6,8-9,26H,10H2,(H,25,27)/b2-1+. The molecule has 0 radical (unpaired) electrons. The van der Waals surface area contributed by atoms with Gasteiger partial charge < -0.3 is 10.3 Å². The average Bonchev–Trinajstić information content (AvgIpc) is 2.90. The summed E-state index contributed by atoms with van der Waals surface area (Å²) in [5.74, 6) is -0.310. The maximum Gasteiger partial charge on any atom is 0.416 e. The summed E-state index contributed by atoms with van der Waals surface area (Å²) in [5, 5.41) is 11.8. The number of anilines is 1. The molecule has 2 N–H and O–H groups in total. The van der Waals surface area contributed by atoms with Crippen LogP contribution in [0, 0.1) is 11.3 Å². The summed E-state index contributed by atoms with van der Waals surface area (Å²) in [6.45, 7) is 0. The first kappa shape index (κ1) is 16.9. The number of nitrogens with one attached hydrogen (secondary N) is 2. The summed E-state index contributed by atoms with van der Waals surface area (Å²) in [6, 6.07) is 10.7. The van der Waals surface area contributed by atoms with Crippen LogP contribution in [0.15, 0.2) is 42.5 Å². The molecule has 3 aromatic rings. The maximum absolute atomic E-state index is 13.1. The highest BCUT2D eigenvalue weighted by molar-refractivity contribution is 6.05. The van der Waals surface area contributed by atoms with Crippen LogP contribution in [-0.4, -0.2) is 10.9 Å². The summed E-state index contributed by atoms with van der Waals surface area (Å²) in [4.78, 5) is 15.5. The van der Waals surface area contributed by atoms with E-state index in [0.717, 1.165) is 17.7 Å². The molecule has 2 heterocycles. The number of allylic oxidation sites excluding steroid dienone is 1. The Balaban J connectivity index is 1.93. The van der Waals surface area contributed by atoms with Gasteiger partial charge in [-0.05, 0) is 41.5 Å². The molecule has 1 aliphatic rings. The van der Waals surface area contributed by atoms with E-state index < -0.39 is 11.7 Å². The SMILES string of the molecule is N#C/C=C/c1ccc2c(c1)NC(=O)Cc1c-2[nH]c2ccc(C(F)(F)F)cc12. The third-order valence-corrected chi connectivity index (χ3v) is 4.51. The van der Waals surface area contributed by atoms with E-state index in [0.29, 0.717) is 33.4 Å². The summed E-state index contributed by atoms with van der Waals surface area (Å²) in [6.07, 6.45) is -1.55. The Morgan fingerprint density at radius 1 is 1.15 bits per heavy atom. The first-order chi connectivity index (χ1) is 12.9. The zero-order valence-electron chi connectivity index (χ0n) is 13.8. The molecule has 1 aromatic heterocycles. The molecule has 0 fully saturated rings.